The molecule has 1 fully saturated rings. The molecule has 17 heavy (non-hydrogen) atoms. The summed E-state index contributed by atoms with van der Waals surface area (Å²) in [5, 5.41) is 3.30. The standard InChI is InChI=1S/C13H27N3O/c1-6-15(7-2)8-11(5)16-9-14-12(10(3)4)13(16)17/h10-12,14H,6-9H2,1-5H3. The smallest absolute Gasteiger partial charge is 0.241 e. The van der Waals surface area contributed by atoms with Crippen LogP contribution in [-0.2, 0) is 4.79 Å². The summed E-state index contributed by atoms with van der Waals surface area (Å²) in [7, 11) is 0. The second-order valence-electron chi connectivity index (χ2n) is 5.23. The molecule has 0 aliphatic carbocycles. The molecule has 1 saturated heterocycles. The third kappa shape index (κ3) is 3.42. The van der Waals surface area contributed by atoms with Gasteiger partial charge in [-0.05, 0) is 25.9 Å². The van der Waals surface area contributed by atoms with Crippen molar-refractivity contribution in [2.45, 2.75) is 46.7 Å². The van der Waals surface area contributed by atoms with E-state index in [1.807, 2.05) is 4.90 Å². The van der Waals surface area contributed by atoms with Crippen LogP contribution in [0.15, 0.2) is 0 Å². The molecule has 0 radical (unpaired) electrons. The predicted octanol–water partition coefficient (Wildman–Crippen LogP) is 1.13. The van der Waals surface area contributed by atoms with Crippen molar-refractivity contribution in [1.29, 1.82) is 0 Å². The van der Waals surface area contributed by atoms with E-state index < -0.39 is 0 Å². The Hall–Kier alpha value is -0.610. The minimum Gasteiger partial charge on any atom is -0.325 e. The molecule has 4 heteroatoms. The molecule has 1 rings (SSSR count). The van der Waals surface area contributed by atoms with Crippen molar-refractivity contribution in [1.82, 2.24) is 15.1 Å². The van der Waals surface area contributed by atoms with Crippen molar-refractivity contribution in [2.24, 2.45) is 5.92 Å². The second-order valence-corrected chi connectivity index (χ2v) is 5.23. The Kier molecular flexibility index (Phi) is 5.40. The van der Waals surface area contributed by atoms with Crippen LogP contribution in [-0.4, -0.2) is 54.1 Å². The van der Waals surface area contributed by atoms with E-state index >= 15 is 0 Å². The second kappa shape index (κ2) is 6.36. The van der Waals surface area contributed by atoms with Gasteiger partial charge in [0, 0.05) is 12.6 Å². The predicted molar refractivity (Wildman–Crippen MR) is 70.7 cm³/mol. The molecule has 0 spiro atoms. The molecule has 1 aliphatic rings. The summed E-state index contributed by atoms with van der Waals surface area (Å²) in [4.78, 5) is 16.5. The van der Waals surface area contributed by atoms with Crippen LogP contribution in [0.5, 0.6) is 0 Å². The maximum atomic E-state index is 12.2. The highest BCUT2D eigenvalue weighted by Gasteiger charge is 2.35. The van der Waals surface area contributed by atoms with E-state index in [1.165, 1.54) is 0 Å². The van der Waals surface area contributed by atoms with Gasteiger partial charge in [0.2, 0.25) is 5.91 Å². The molecule has 0 saturated carbocycles. The van der Waals surface area contributed by atoms with Gasteiger partial charge >= 0.3 is 0 Å². The minimum atomic E-state index is 0.00848. The Balaban J connectivity index is 2.54. The van der Waals surface area contributed by atoms with Gasteiger partial charge < -0.3 is 9.80 Å². The first kappa shape index (κ1) is 14.5. The van der Waals surface area contributed by atoms with Crippen molar-refractivity contribution in [2.75, 3.05) is 26.3 Å². The van der Waals surface area contributed by atoms with Crippen molar-refractivity contribution >= 4 is 5.91 Å². The first-order valence-electron chi connectivity index (χ1n) is 6.77. The molecule has 1 heterocycles. The van der Waals surface area contributed by atoms with Crippen molar-refractivity contribution < 1.29 is 4.79 Å². The summed E-state index contributed by atoms with van der Waals surface area (Å²) in [6, 6.07) is 0.299. The molecule has 100 valence electrons. The van der Waals surface area contributed by atoms with E-state index in [4.69, 9.17) is 0 Å². The van der Waals surface area contributed by atoms with Gasteiger partial charge in [0.1, 0.15) is 0 Å². The van der Waals surface area contributed by atoms with Crippen LogP contribution < -0.4 is 5.32 Å². The SMILES string of the molecule is CCN(CC)CC(C)N1CNC(C(C)C)C1=O. The summed E-state index contributed by atoms with van der Waals surface area (Å²) in [5.74, 6) is 0.632. The summed E-state index contributed by atoms with van der Waals surface area (Å²) in [5.41, 5.74) is 0. The van der Waals surface area contributed by atoms with Gasteiger partial charge in [0.25, 0.3) is 0 Å². The van der Waals surface area contributed by atoms with Crippen LogP contribution in [0.25, 0.3) is 0 Å². The van der Waals surface area contributed by atoms with Gasteiger partial charge in [-0.15, -0.1) is 0 Å². The fraction of sp³-hybridized carbons (Fsp3) is 0.923. The molecule has 2 unspecified atom stereocenters. The lowest BCUT2D eigenvalue weighted by molar-refractivity contribution is -0.131. The lowest BCUT2D eigenvalue weighted by atomic mass is 10.0. The van der Waals surface area contributed by atoms with Crippen molar-refractivity contribution in [3.8, 4) is 0 Å². The zero-order chi connectivity index (χ0) is 13.0. The van der Waals surface area contributed by atoms with Crippen LogP contribution in [0.4, 0.5) is 0 Å². The van der Waals surface area contributed by atoms with Crippen molar-refractivity contribution in [3.63, 3.8) is 0 Å². The fourth-order valence-corrected chi connectivity index (χ4v) is 2.39. The molecular formula is C13H27N3O. The number of hydrogen-bond donors (Lipinski definition) is 1. The van der Waals surface area contributed by atoms with Crippen molar-refractivity contribution in [3.05, 3.63) is 0 Å². The highest BCUT2D eigenvalue weighted by atomic mass is 16.2. The zero-order valence-corrected chi connectivity index (χ0v) is 11.9. The van der Waals surface area contributed by atoms with Gasteiger partial charge in [0.05, 0.1) is 12.7 Å². The maximum Gasteiger partial charge on any atom is 0.241 e. The molecule has 2 atom stereocenters. The Morgan fingerprint density at radius 2 is 1.94 bits per heavy atom. The largest absolute Gasteiger partial charge is 0.325 e. The normalized spacial score (nSPS) is 22.9. The Labute approximate surface area is 105 Å². The molecule has 0 aromatic heterocycles. The number of rotatable bonds is 6. The van der Waals surface area contributed by atoms with Crippen LogP contribution >= 0.6 is 0 Å². The molecule has 0 bridgehead atoms. The van der Waals surface area contributed by atoms with Gasteiger partial charge in [-0.25, -0.2) is 0 Å². The lowest BCUT2D eigenvalue weighted by Gasteiger charge is -2.29. The molecule has 1 N–H and O–H groups in total. The molecule has 1 aliphatic heterocycles. The number of nitrogens with one attached hydrogen (secondary N) is 1. The van der Waals surface area contributed by atoms with E-state index in [1.54, 1.807) is 0 Å². The Morgan fingerprint density at radius 3 is 2.35 bits per heavy atom. The number of hydrogen-bond acceptors (Lipinski definition) is 3. The minimum absolute atomic E-state index is 0.00848. The quantitative estimate of drug-likeness (QED) is 0.757. The molecule has 0 aromatic carbocycles. The van der Waals surface area contributed by atoms with Gasteiger partial charge in [0.15, 0.2) is 0 Å². The van der Waals surface area contributed by atoms with Gasteiger partial charge in [-0.3, -0.25) is 10.1 Å². The highest BCUT2D eigenvalue weighted by Crippen LogP contribution is 2.15. The lowest BCUT2D eigenvalue weighted by Crippen LogP contribution is -2.44. The van der Waals surface area contributed by atoms with Gasteiger partial charge in [-0.2, -0.15) is 0 Å². The average molecular weight is 241 g/mol. The number of carbonyl (C=O) groups is 1. The van der Waals surface area contributed by atoms with E-state index in [-0.39, 0.29) is 11.9 Å². The van der Waals surface area contributed by atoms with E-state index in [0.29, 0.717) is 18.6 Å². The maximum absolute atomic E-state index is 12.2. The third-order valence-corrected chi connectivity index (χ3v) is 3.65. The van der Waals surface area contributed by atoms with E-state index in [0.717, 1.165) is 19.6 Å². The number of nitrogens with zero attached hydrogens (tertiary/aromatic N) is 2. The van der Waals surface area contributed by atoms with E-state index in [9.17, 15) is 4.79 Å². The first-order chi connectivity index (χ1) is 8.01. The molecule has 1 amide bonds. The average Bonchev–Trinajstić information content (AvgIpc) is 2.67. The molecule has 4 nitrogen and oxygen atoms in total. The third-order valence-electron chi connectivity index (χ3n) is 3.65. The zero-order valence-electron chi connectivity index (χ0n) is 11.9. The van der Waals surface area contributed by atoms with Crippen LogP contribution in [0, 0.1) is 5.92 Å². The molecular weight excluding hydrogens is 214 g/mol. The monoisotopic (exact) mass is 241 g/mol. The first-order valence-corrected chi connectivity index (χ1v) is 6.77. The van der Waals surface area contributed by atoms with Gasteiger partial charge in [-0.1, -0.05) is 27.7 Å². The van der Waals surface area contributed by atoms with Crippen LogP contribution in [0.1, 0.15) is 34.6 Å². The summed E-state index contributed by atoms with van der Waals surface area (Å²) in [6.07, 6.45) is 0. The Morgan fingerprint density at radius 1 is 1.35 bits per heavy atom. The topological polar surface area (TPSA) is 35.6 Å². The summed E-state index contributed by atoms with van der Waals surface area (Å²) in [6.45, 7) is 14.4. The molecule has 0 aromatic rings. The number of carbonyl (C=O) groups excluding carboxylic acids is 1. The fourth-order valence-electron chi connectivity index (χ4n) is 2.39. The van der Waals surface area contributed by atoms with Crippen LogP contribution in [0.3, 0.4) is 0 Å². The number of amides is 1. The summed E-state index contributed by atoms with van der Waals surface area (Å²) >= 11 is 0. The summed E-state index contributed by atoms with van der Waals surface area (Å²) < 4.78 is 0. The van der Waals surface area contributed by atoms with Crippen LogP contribution in [0.2, 0.25) is 0 Å². The Bertz CT molecular complexity index is 251. The number of likely N-dealkylation sites (N-methyl/N-ethyl adjacent to an activating group) is 1. The highest BCUT2D eigenvalue weighted by molar-refractivity contribution is 5.84. The van der Waals surface area contributed by atoms with E-state index in [2.05, 4.69) is 44.8 Å².